The molecule has 17 heavy (non-hydrogen) atoms. The Morgan fingerprint density at radius 3 is 2.65 bits per heavy atom. The van der Waals surface area contributed by atoms with Crippen molar-refractivity contribution in [3.8, 4) is 11.3 Å². The monoisotopic (exact) mass is 249 g/mol. The molecule has 0 aliphatic heterocycles. The van der Waals surface area contributed by atoms with E-state index in [1.807, 2.05) is 30.6 Å². The summed E-state index contributed by atoms with van der Waals surface area (Å²) in [5, 5.41) is 0.746. The van der Waals surface area contributed by atoms with E-state index >= 15 is 0 Å². The third kappa shape index (κ3) is 3.32. The van der Waals surface area contributed by atoms with Crippen LogP contribution in [-0.4, -0.2) is 16.1 Å². The largest absolute Gasteiger partial charge is 0.337 e. The van der Waals surface area contributed by atoms with Crippen molar-refractivity contribution in [2.75, 3.05) is 6.54 Å². The van der Waals surface area contributed by atoms with Crippen LogP contribution in [0.5, 0.6) is 0 Å². The molecule has 1 aromatic carbocycles. The van der Waals surface area contributed by atoms with Gasteiger partial charge in [-0.3, -0.25) is 0 Å². The lowest BCUT2D eigenvalue weighted by Gasteiger charge is -2.00. The Labute approximate surface area is 106 Å². The van der Waals surface area contributed by atoms with E-state index < -0.39 is 0 Å². The van der Waals surface area contributed by atoms with Crippen molar-refractivity contribution in [2.24, 2.45) is 5.73 Å². The normalized spacial score (nSPS) is 10.7. The Hall–Kier alpha value is -1.32. The molecule has 90 valence electrons. The average molecular weight is 250 g/mol. The number of hydrogen-bond acceptors (Lipinski definition) is 2. The molecule has 3 nitrogen and oxygen atoms in total. The van der Waals surface area contributed by atoms with E-state index in [1.54, 1.807) is 0 Å². The van der Waals surface area contributed by atoms with Gasteiger partial charge in [0.25, 0.3) is 0 Å². The number of benzene rings is 1. The Bertz CT molecular complexity index is 462. The molecule has 0 aliphatic rings. The Morgan fingerprint density at radius 2 is 1.94 bits per heavy atom. The summed E-state index contributed by atoms with van der Waals surface area (Å²) in [6.45, 7) is 1.72. The highest BCUT2D eigenvalue weighted by atomic mass is 35.5. The van der Waals surface area contributed by atoms with Crippen LogP contribution in [0.25, 0.3) is 11.3 Å². The van der Waals surface area contributed by atoms with Crippen LogP contribution in [-0.2, 0) is 6.54 Å². The van der Waals surface area contributed by atoms with Crippen LogP contribution < -0.4 is 5.73 Å². The Balaban J connectivity index is 2.04. The number of nitrogens with zero attached hydrogens (tertiary/aromatic N) is 2. The molecule has 0 saturated heterocycles. The van der Waals surface area contributed by atoms with E-state index in [1.165, 1.54) is 0 Å². The summed E-state index contributed by atoms with van der Waals surface area (Å²) in [4.78, 5) is 4.38. The van der Waals surface area contributed by atoms with Crippen LogP contribution >= 0.6 is 11.6 Å². The van der Waals surface area contributed by atoms with Gasteiger partial charge in [0, 0.05) is 23.3 Å². The molecule has 0 fully saturated rings. The first kappa shape index (κ1) is 12.1. The van der Waals surface area contributed by atoms with Crippen molar-refractivity contribution in [3.63, 3.8) is 0 Å². The zero-order valence-electron chi connectivity index (χ0n) is 9.64. The van der Waals surface area contributed by atoms with E-state index in [0.29, 0.717) is 0 Å². The molecular formula is C13H16ClN3. The zero-order valence-corrected chi connectivity index (χ0v) is 10.4. The summed E-state index contributed by atoms with van der Waals surface area (Å²) in [6.07, 6.45) is 6.06. The highest BCUT2D eigenvalue weighted by Gasteiger charge is 2.01. The minimum Gasteiger partial charge on any atom is -0.337 e. The van der Waals surface area contributed by atoms with Gasteiger partial charge >= 0.3 is 0 Å². The number of unbranched alkanes of at least 4 members (excludes halogenated alkanes) is 1. The van der Waals surface area contributed by atoms with Gasteiger partial charge in [0.1, 0.15) is 0 Å². The molecule has 0 amide bonds. The topological polar surface area (TPSA) is 43.8 Å². The predicted octanol–water partition coefficient (Wildman–Crippen LogP) is 2.94. The van der Waals surface area contributed by atoms with Gasteiger partial charge in [-0.05, 0) is 31.5 Å². The molecule has 0 aliphatic carbocycles. The minimum atomic E-state index is 0.746. The number of aromatic nitrogens is 2. The summed E-state index contributed by atoms with van der Waals surface area (Å²) in [5.41, 5.74) is 7.54. The highest BCUT2D eigenvalue weighted by molar-refractivity contribution is 6.30. The van der Waals surface area contributed by atoms with E-state index in [4.69, 9.17) is 17.3 Å². The highest BCUT2D eigenvalue weighted by Crippen LogP contribution is 2.19. The second kappa shape index (κ2) is 5.84. The number of hydrogen-bond donors (Lipinski definition) is 1. The fourth-order valence-electron chi connectivity index (χ4n) is 1.69. The molecule has 4 heteroatoms. The van der Waals surface area contributed by atoms with Crippen LogP contribution in [0.4, 0.5) is 0 Å². The fraction of sp³-hybridized carbons (Fsp3) is 0.308. The number of rotatable bonds is 5. The van der Waals surface area contributed by atoms with Crippen LogP contribution in [0, 0.1) is 0 Å². The van der Waals surface area contributed by atoms with Crippen LogP contribution in [0.3, 0.4) is 0 Å². The van der Waals surface area contributed by atoms with E-state index in [2.05, 4.69) is 15.7 Å². The van der Waals surface area contributed by atoms with Crippen molar-refractivity contribution < 1.29 is 0 Å². The summed E-state index contributed by atoms with van der Waals surface area (Å²) < 4.78 is 2.10. The molecular weight excluding hydrogens is 234 g/mol. The Morgan fingerprint density at radius 1 is 1.18 bits per heavy atom. The SMILES string of the molecule is NCCCCn1cnc(-c2ccc(Cl)cc2)c1. The zero-order chi connectivity index (χ0) is 12.1. The minimum absolute atomic E-state index is 0.746. The van der Waals surface area contributed by atoms with Gasteiger partial charge in [0.15, 0.2) is 0 Å². The summed E-state index contributed by atoms with van der Waals surface area (Å²) in [5.74, 6) is 0. The third-order valence-electron chi connectivity index (χ3n) is 2.64. The number of nitrogens with two attached hydrogens (primary N) is 1. The summed E-state index contributed by atoms with van der Waals surface area (Å²) in [7, 11) is 0. The van der Waals surface area contributed by atoms with E-state index in [-0.39, 0.29) is 0 Å². The first-order valence-electron chi connectivity index (χ1n) is 5.77. The lowest BCUT2D eigenvalue weighted by Crippen LogP contribution is -2.01. The van der Waals surface area contributed by atoms with Gasteiger partial charge in [-0.2, -0.15) is 0 Å². The Kier molecular flexibility index (Phi) is 4.18. The molecule has 0 atom stereocenters. The second-order valence-electron chi connectivity index (χ2n) is 4.00. The summed E-state index contributed by atoms with van der Waals surface area (Å²) in [6, 6.07) is 7.72. The lowest BCUT2D eigenvalue weighted by atomic mass is 10.2. The maximum Gasteiger partial charge on any atom is 0.0953 e. The predicted molar refractivity (Wildman–Crippen MR) is 71.0 cm³/mol. The average Bonchev–Trinajstić information content (AvgIpc) is 2.79. The second-order valence-corrected chi connectivity index (χ2v) is 4.44. The lowest BCUT2D eigenvalue weighted by molar-refractivity contribution is 0.614. The van der Waals surface area contributed by atoms with Gasteiger partial charge in [-0.25, -0.2) is 4.98 Å². The third-order valence-corrected chi connectivity index (χ3v) is 2.90. The van der Waals surface area contributed by atoms with E-state index in [0.717, 1.165) is 42.2 Å². The first-order valence-corrected chi connectivity index (χ1v) is 6.15. The molecule has 2 aromatic rings. The van der Waals surface area contributed by atoms with Crippen molar-refractivity contribution in [1.29, 1.82) is 0 Å². The fourth-order valence-corrected chi connectivity index (χ4v) is 1.82. The molecule has 0 bridgehead atoms. The van der Waals surface area contributed by atoms with Crippen molar-refractivity contribution in [2.45, 2.75) is 19.4 Å². The molecule has 0 unspecified atom stereocenters. The number of halogens is 1. The van der Waals surface area contributed by atoms with Crippen molar-refractivity contribution in [3.05, 3.63) is 41.8 Å². The number of imidazole rings is 1. The quantitative estimate of drug-likeness (QED) is 0.828. The first-order chi connectivity index (χ1) is 8.29. The van der Waals surface area contributed by atoms with Crippen LogP contribution in [0.2, 0.25) is 5.02 Å². The molecule has 2 N–H and O–H groups in total. The molecule has 1 heterocycles. The molecule has 0 radical (unpaired) electrons. The smallest absolute Gasteiger partial charge is 0.0953 e. The standard InChI is InChI=1S/C13H16ClN3/c14-12-5-3-11(4-6-12)13-9-17(10-16-13)8-2-1-7-15/h3-6,9-10H,1-2,7-8,15H2. The van der Waals surface area contributed by atoms with Gasteiger partial charge in [-0.1, -0.05) is 23.7 Å². The number of aryl methyl sites for hydroxylation is 1. The van der Waals surface area contributed by atoms with Gasteiger partial charge < -0.3 is 10.3 Å². The van der Waals surface area contributed by atoms with Crippen molar-refractivity contribution in [1.82, 2.24) is 9.55 Å². The van der Waals surface area contributed by atoms with Crippen LogP contribution in [0.15, 0.2) is 36.8 Å². The molecule has 1 aromatic heterocycles. The molecule has 2 rings (SSSR count). The van der Waals surface area contributed by atoms with Crippen LogP contribution in [0.1, 0.15) is 12.8 Å². The maximum atomic E-state index is 5.85. The summed E-state index contributed by atoms with van der Waals surface area (Å²) >= 11 is 5.85. The molecule has 0 saturated carbocycles. The van der Waals surface area contributed by atoms with Gasteiger partial charge in [-0.15, -0.1) is 0 Å². The maximum absolute atomic E-state index is 5.85. The van der Waals surface area contributed by atoms with E-state index in [9.17, 15) is 0 Å². The molecule has 0 spiro atoms. The van der Waals surface area contributed by atoms with Crippen molar-refractivity contribution >= 4 is 11.6 Å². The van der Waals surface area contributed by atoms with Gasteiger partial charge in [0.05, 0.1) is 12.0 Å². The van der Waals surface area contributed by atoms with Gasteiger partial charge in [0.2, 0.25) is 0 Å².